The number of anilines is 1. The van der Waals surface area contributed by atoms with Crippen LogP contribution in [-0.4, -0.2) is 32.4 Å². The summed E-state index contributed by atoms with van der Waals surface area (Å²) in [5.41, 5.74) is 4.09. The SMILES string of the molecule is Cn1ccnc1SCC1CC(c2ccc(CO)cc2)OC(c2ccc(NC(=O)c3ccccc3)cc2)O1. The number of imidazole rings is 1. The zero-order valence-electron chi connectivity index (χ0n) is 20.5. The highest BCUT2D eigenvalue weighted by Gasteiger charge is 2.32. The zero-order chi connectivity index (χ0) is 25.6. The second-order valence-electron chi connectivity index (χ2n) is 8.92. The molecule has 1 amide bonds. The largest absolute Gasteiger partial charge is 0.392 e. The Morgan fingerprint density at radius 2 is 1.76 bits per heavy atom. The van der Waals surface area contributed by atoms with Gasteiger partial charge >= 0.3 is 0 Å². The standard InChI is InChI=1S/C29H29N3O4S/c1-32-16-15-30-29(32)37-19-25-17-26(21-9-7-20(18-33)8-10-21)36-28(35-25)23-11-13-24(14-12-23)31-27(34)22-5-3-2-4-6-22/h2-16,25-26,28,33H,17-19H2,1H3,(H,31,34). The molecule has 8 heteroatoms. The normalized spacial score (nSPS) is 19.5. The first-order chi connectivity index (χ1) is 18.1. The molecule has 3 aromatic carbocycles. The number of carbonyl (C=O) groups is 1. The highest BCUT2D eigenvalue weighted by atomic mass is 32.2. The first kappa shape index (κ1) is 25.2. The van der Waals surface area contributed by atoms with E-state index in [2.05, 4.69) is 10.3 Å². The quantitative estimate of drug-likeness (QED) is 0.301. The molecule has 0 radical (unpaired) electrons. The summed E-state index contributed by atoms with van der Waals surface area (Å²) in [4.78, 5) is 16.9. The first-order valence-corrected chi connectivity index (χ1v) is 13.1. The average Bonchev–Trinajstić information content (AvgIpc) is 3.37. The third-order valence-corrected chi connectivity index (χ3v) is 7.46. The van der Waals surface area contributed by atoms with E-state index < -0.39 is 6.29 Å². The Labute approximate surface area is 220 Å². The van der Waals surface area contributed by atoms with Gasteiger partial charge in [-0.3, -0.25) is 4.79 Å². The van der Waals surface area contributed by atoms with E-state index in [4.69, 9.17) is 9.47 Å². The van der Waals surface area contributed by atoms with Gasteiger partial charge in [-0.15, -0.1) is 0 Å². The Balaban J connectivity index is 1.31. The van der Waals surface area contributed by atoms with E-state index in [0.717, 1.165) is 27.6 Å². The van der Waals surface area contributed by atoms with Crippen molar-refractivity contribution in [3.63, 3.8) is 0 Å². The summed E-state index contributed by atoms with van der Waals surface area (Å²) in [6.45, 7) is 0.00757. The molecule has 4 aromatic rings. The van der Waals surface area contributed by atoms with Crippen molar-refractivity contribution in [2.45, 2.75) is 36.7 Å². The maximum atomic E-state index is 12.5. The predicted octanol–water partition coefficient (Wildman–Crippen LogP) is 5.50. The third kappa shape index (κ3) is 6.29. The van der Waals surface area contributed by atoms with Gasteiger partial charge in [0.1, 0.15) is 0 Å². The molecule has 1 aliphatic rings. The Hall–Kier alpha value is -3.43. The molecule has 2 heterocycles. The summed E-state index contributed by atoms with van der Waals surface area (Å²) >= 11 is 1.66. The van der Waals surface area contributed by atoms with Gasteiger partial charge in [-0.2, -0.15) is 0 Å². The fraction of sp³-hybridized carbons (Fsp3) is 0.241. The Morgan fingerprint density at radius 3 is 2.43 bits per heavy atom. The van der Waals surface area contributed by atoms with Crippen LogP contribution < -0.4 is 5.32 Å². The van der Waals surface area contributed by atoms with Gasteiger partial charge in [-0.05, 0) is 35.4 Å². The van der Waals surface area contributed by atoms with Crippen LogP contribution in [0.15, 0.2) is 96.4 Å². The van der Waals surface area contributed by atoms with Crippen LogP contribution in [0.4, 0.5) is 5.69 Å². The Kier molecular flexibility index (Phi) is 8.01. The molecule has 0 saturated carbocycles. The van der Waals surface area contributed by atoms with Crippen LogP contribution in [-0.2, 0) is 23.1 Å². The van der Waals surface area contributed by atoms with E-state index in [-0.39, 0.29) is 24.7 Å². The van der Waals surface area contributed by atoms with Gasteiger partial charge < -0.3 is 24.5 Å². The molecule has 5 rings (SSSR count). The van der Waals surface area contributed by atoms with Gasteiger partial charge in [-0.25, -0.2) is 4.98 Å². The number of ether oxygens (including phenoxy) is 2. The number of nitrogens with one attached hydrogen (secondary N) is 1. The average molecular weight is 516 g/mol. The van der Waals surface area contributed by atoms with Crippen LogP contribution >= 0.6 is 11.8 Å². The van der Waals surface area contributed by atoms with Crippen molar-refractivity contribution in [2.75, 3.05) is 11.1 Å². The molecule has 3 unspecified atom stereocenters. The number of hydrogen-bond acceptors (Lipinski definition) is 6. The van der Waals surface area contributed by atoms with E-state index >= 15 is 0 Å². The summed E-state index contributed by atoms with van der Waals surface area (Å²) in [6.07, 6.45) is 3.66. The number of nitrogens with zero attached hydrogens (tertiary/aromatic N) is 2. The lowest BCUT2D eigenvalue weighted by Gasteiger charge is -2.36. The number of aliphatic hydroxyl groups is 1. The van der Waals surface area contributed by atoms with Gasteiger partial charge in [-0.1, -0.05) is 66.4 Å². The number of thioether (sulfide) groups is 1. The minimum absolute atomic E-state index is 0.00757. The van der Waals surface area contributed by atoms with E-state index in [1.165, 1.54) is 0 Å². The van der Waals surface area contributed by atoms with Gasteiger partial charge in [0.15, 0.2) is 11.4 Å². The minimum atomic E-state index is -0.554. The molecule has 190 valence electrons. The molecule has 1 aromatic heterocycles. The van der Waals surface area contributed by atoms with E-state index in [0.29, 0.717) is 17.7 Å². The van der Waals surface area contributed by atoms with Crippen molar-refractivity contribution >= 4 is 23.4 Å². The van der Waals surface area contributed by atoms with Crippen molar-refractivity contribution < 1.29 is 19.4 Å². The molecule has 1 aliphatic heterocycles. The van der Waals surface area contributed by atoms with Gasteiger partial charge in [0.05, 0.1) is 18.8 Å². The maximum absolute atomic E-state index is 12.5. The topological polar surface area (TPSA) is 85.6 Å². The van der Waals surface area contributed by atoms with Crippen LogP contribution in [0.25, 0.3) is 0 Å². The second kappa shape index (κ2) is 11.7. The van der Waals surface area contributed by atoms with Crippen LogP contribution in [0.2, 0.25) is 0 Å². The Bertz CT molecular complexity index is 1310. The van der Waals surface area contributed by atoms with Crippen LogP contribution in [0.1, 0.15) is 45.9 Å². The molecular weight excluding hydrogens is 486 g/mol. The molecule has 0 spiro atoms. The molecule has 7 nitrogen and oxygen atoms in total. The number of amides is 1. The summed E-state index contributed by atoms with van der Waals surface area (Å²) in [5, 5.41) is 13.3. The molecule has 0 aliphatic carbocycles. The fourth-order valence-corrected chi connectivity index (χ4v) is 5.15. The number of aliphatic hydroxyl groups excluding tert-OH is 1. The summed E-state index contributed by atoms with van der Waals surface area (Å²) in [5.74, 6) is 0.581. The maximum Gasteiger partial charge on any atom is 0.255 e. The first-order valence-electron chi connectivity index (χ1n) is 12.2. The van der Waals surface area contributed by atoms with E-state index in [9.17, 15) is 9.90 Å². The molecular formula is C29H29N3O4S. The lowest BCUT2D eigenvalue weighted by molar-refractivity contribution is -0.245. The third-order valence-electron chi connectivity index (χ3n) is 6.27. The van der Waals surface area contributed by atoms with Crippen LogP contribution in [0.3, 0.4) is 0 Å². The molecule has 3 atom stereocenters. The van der Waals surface area contributed by atoms with Crippen molar-refractivity contribution in [1.29, 1.82) is 0 Å². The molecule has 1 fully saturated rings. The molecule has 2 N–H and O–H groups in total. The number of carbonyl (C=O) groups excluding carboxylic acids is 1. The summed E-state index contributed by atoms with van der Waals surface area (Å²) in [6, 6.07) is 24.5. The molecule has 37 heavy (non-hydrogen) atoms. The highest BCUT2D eigenvalue weighted by molar-refractivity contribution is 7.99. The Morgan fingerprint density at radius 1 is 1.03 bits per heavy atom. The number of aromatic nitrogens is 2. The predicted molar refractivity (Wildman–Crippen MR) is 143 cm³/mol. The van der Waals surface area contributed by atoms with Crippen molar-refractivity contribution in [3.8, 4) is 0 Å². The van der Waals surface area contributed by atoms with Crippen LogP contribution in [0, 0.1) is 0 Å². The van der Waals surface area contributed by atoms with Gasteiger partial charge in [0.2, 0.25) is 0 Å². The van der Waals surface area contributed by atoms with Crippen molar-refractivity contribution in [1.82, 2.24) is 9.55 Å². The monoisotopic (exact) mass is 515 g/mol. The molecule has 1 saturated heterocycles. The number of hydrogen-bond donors (Lipinski definition) is 2. The van der Waals surface area contributed by atoms with Crippen LogP contribution in [0.5, 0.6) is 0 Å². The summed E-state index contributed by atoms with van der Waals surface area (Å²) in [7, 11) is 1.98. The van der Waals surface area contributed by atoms with Gasteiger partial charge in [0, 0.05) is 48.4 Å². The van der Waals surface area contributed by atoms with E-state index in [1.807, 2.05) is 84.5 Å². The number of aryl methyl sites for hydroxylation is 1. The minimum Gasteiger partial charge on any atom is -0.392 e. The molecule has 0 bridgehead atoms. The van der Waals surface area contributed by atoms with Crippen molar-refractivity contribution in [3.05, 3.63) is 114 Å². The lowest BCUT2D eigenvalue weighted by atomic mass is 10.0. The van der Waals surface area contributed by atoms with Crippen molar-refractivity contribution in [2.24, 2.45) is 7.05 Å². The smallest absolute Gasteiger partial charge is 0.255 e. The number of rotatable bonds is 8. The lowest BCUT2D eigenvalue weighted by Crippen LogP contribution is -2.31. The second-order valence-corrected chi connectivity index (χ2v) is 9.91. The zero-order valence-corrected chi connectivity index (χ0v) is 21.3. The highest BCUT2D eigenvalue weighted by Crippen LogP contribution is 2.39. The van der Waals surface area contributed by atoms with Gasteiger partial charge in [0.25, 0.3) is 5.91 Å². The number of benzene rings is 3. The summed E-state index contributed by atoms with van der Waals surface area (Å²) < 4.78 is 14.8. The van der Waals surface area contributed by atoms with E-state index in [1.54, 1.807) is 30.1 Å². The fourth-order valence-electron chi connectivity index (χ4n) is 4.20.